The van der Waals surface area contributed by atoms with Gasteiger partial charge in [0.25, 0.3) is 5.91 Å². The number of carbonyl (C=O) groups excluding carboxylic acids is 2. The molecule has 0 saturated carbocycles. The summed E-state index contributed by atoms with van der Waals surface area (Å²) in [6.07, 6.45) is 0. The van der Waals surface area contributed by atoms with Crippen LogP contribution in [0.2, 0.25) is 0 Å². The van der Waals surface area contributed by atoms with Gasteiger partial charge in [-0.25, -0.2) is 4.79 Å². The molecule has 0 aliphatic carbocycles. The molecule has 0 aliphatic heterocycles. The molecule has 0 saturated heterocycles. The zero-order valence-electron chi connectivity index (χ0n) is 10.2. The van der Waals surface area contributed by atoms with Crippen molar-refractivity contribution in [2.75, 3.05) is 12.3 Å². The summed E-state index contributed by atoms with van der Waals surface area (Å²) in [5.74, 6) is -0.828. The number of carbonyl (C=O) groups is 2. The third-order valence-corrected chi connectivity index (χ3v) is 2.97. The van der Waals surface area contributed by atoms with Crippen LogP contribution in [0.25, 0.3) is 0 Å². The number of halogens is 1. The Hall–Kier alpha value is -1.56. The summed E-state index contributed by atoms with van der Waals surface area (Å²) >= 11 is 3.24. The van der Waals surface area contributed by atoms with Gasteiger partial charge in [-0.3, -0.25) is 4.79 Å². The van der Waals surface area contributed by atoms with Gasteiger partial charge in [-0.1, -0.05) is 0 Å². The molecular formula is C12H15BrN2O3. The lowest BCUT2D eigenvalue weighted by molar-refractivity contribution is -0.144. The average molecular weight is 315 g/mol. The smallest absolute Gasteiger partial charge is 0.328 e. The van der Waals surface area contributed by atoms with E-state index < -0.39 is 12.0 Å². The van der Waals surface area contributed by atoms with Crippen molar-refractivity contribution in [1.29, 1.82) is 0 Å². The van der Waals surface area contributed by atoms with Gasteiger partial charge in [0.05, 0.1) is 6.61 Å². The van der Waals surface area contributed by atoms with Crippen molar-refractivity contribution in [2.24, 2.45) is 0 Å². The molecule has 5 nitrogen and oxygen atoms in total. The standard InChI is InChI=1S/C12H15BrN2O3/c1-3-18-12(17)7(2)15-11(16)8-4-5-9(13)10(14)6-8/h4-7H,3,14H2,1-2H3,(H,15,16). The molecule has 6 heteroatoms. The first-order chi connectivity index (χ1) is 8.45. The fourth-order valence-corrected chi connectivity index (χ4v) is 1.54. The van der Waals surface area contributed by atoms with E-state index in [-0.39, 0.29) is 12.5 Å². The zero-order valence-corrected chi connectivity index (χ0v) is 11.8. The summed E-state index contributed by atoms with van der Waals surface area (Å²) in [5.41, 5.74) is 6.54. The van der Waals surface area contributed by atoms with Gasteiger partial charge in [0, 0.05) is 15.7 Å². The van der Waals surface area contributed by atoms with Crippen molar-refractivity contribution in [3.05, 3.63) is 28.2 Å². The van der Waals surface area contributed by atoms with Gasteiger partial charge in [0.1, 0.15) is 6.04 Å². The molecule has 18 heavy (non-hydrogen) atoms. The Labute approximate surface area is 114 Å². The van der Waals surface area contributed by atoms with Crippen molar-refractivity contribution in [3.63, 3.8) is 0 Å². The summed E-state index contributed by atoms with van der Waals surface area (Å²) in [6, 6.07) is 4.15. The Morgan fingerprint density at radius 2 is 2.17 bits per heavy atom. The lowest BCUT2D eigenvalue weighted by Gasteiger charge is -2.12. The summed E-state index contributed by atoms with van der Waals surface area (Å²) in [6.45, 7) is 3.56. The zero-order chi connectivity index (χ0) is 13.7. The molecule has 3 N–H and O–H groups in total. The average Bonchev–Trinajstić information content (AvgIpc) is 2.32. The molecule has 0 aromatic heterocycles. The van der Waals surface area contributed by atoms with E-state index in [4.69, 9.17) is 10.5 Å². The van der Waals surface area contributed by atoms with Gasteiger partial charge < -0.3 is 15.8 Å². The molecule has 1 amide bonds. The van der Waals surface area contributed by atoms with E-state index in [1.807, 2.05) is 0 Å². The van der Waals surface area contributed by atoms with Crippen LogP contribution >= 0.6 is 15.9 Å². The number of hydrogen-bond acceptors (Lipinski definition) is 4. The molecule has 0 bridgehead atoms. The first kappa shape index (κ1) is 14.5. The van der Waals surface area contributed by atoms with Gasteiger partial charge >= 0.3 is 5.97 Å². The second-order valence-corrected chi connectivity index (χ2v) is 4.54. The number of rotatable bonds is 4. The van der Waals surface area contributed by atoms with Gasteiger partial charge in [-0.05, 0) is 48.0 Å². The predicted molar refractivity (Wildman–Crippen MR) is 72.1 cm³/mol. The third kappa shape index (κ3) is 3.73. The largest absolute Gasteiger partial charge is 0.464 e. The van der Waals surface area contributed by atoms with Crippen LogP contribution in [0.3, 0.4) is 0 Å². The van der Waals surface area contributed by atoms with Crippen LogP contribution < -0.4 is 11.1 Å². The van der Waals surface area contributed by atoms with E-state index in [1.165, 1.54) is 6.07 Å². The topological polar surface area (TPSA) is 81.4 Å². The normalized spacial score (nSPS) is 11.7. The Morgan fingerprint density at radius 1 is 1.50 bits per heavy atom. The molecule has 1 atom stereocenters. The molecule has 1 aromatic rings. The van der Waals surface area contributed by atoms with Crippen molar-refractivity contribution < 1.29 is 14.3 Å². The third-order valence-electron chi connectivity index (χ3n) is 2.25. The molecule has 1 aromatic carbocycles. The number of hydrogen-bond donors (Lipinski definition) is 2. The number of ether oxygens (including phenoxy) is 1. The first-order valence-corrected chi connectivity index (χ1v) is 6.27. The van der Waals surface area contributed by atoms with Crippen molar-refractivity contribution in [2.45, 2.75) is 19.9 Å². The summed E-state index contributed by atoms with van der Waals surface area (Å²) in [5, 5.41) is 2.54. The molecule has 0 radical (unpaired) electrons. The Balaban J connectivity index is 2.70. The van der Waals surface area contributed by atoms with E-state index in [0.717, 1.165) is 4.47 Å². The number of benzene rings is 1. The second-order valence-electron chi connectivity index (χ2n) is 3.68. The number of nitrogens with one attached hydrogen (secondary N) is 1. The van der Waals surface area contributed by atoms with Crippen LogP contribution in [0.1, 0.15) is 24.2 Å². The van der Waals surface area contributed by atoms with Crippen molar-refractivity contribution in [1.82, 2.24) is 5.32 Å². The predicted octanol–water partition coefficient (Wildman–Crippen LogP) is 1.71. The number of amides is 1. The monoisotopic (exact) mass is 314 g/mol. The minimum absolute atomic E-state index is 0.282. The summed E-state index contributed by atoms with van der Waals surface area (Å²) < 4.78 is 5.52. The number of nitrogens with two attached hydrogens (primary N) is 1. The molecule has 0 aliphatic rings. The maximum absolute atomic E-state index is 11.8. The SMILES string of the molecule is CCOC(=O)C(C)NC(=O)c1ccc(Br)c(N)c1. The molecular weight excluding hydrogens is 300 g/mol. The fourth-order valence-electron chi connectivity index (χ4n) is 1.29. The molecule has 0 fully saturated rings. The van der Waals surface area contributed by atoms with Gasteiger partial charge in [0.15, 0.2) is 0 Å². The number of nitrogen functional groups attached to an aromatic ring is 1. The van der Waals surface area contributed by atoms with Gasteiger partial charge in [-0.15, -0.1) is 0 Å². The molecule has 0 heterocycles. The Bertz CT molecular complexity index is 463. The Kier molecular flexibility index (Phi) is 5.15. The quantitative estimate of drug-likeness (QED) is 0.655. The lowest BCUT2D eigenvalue weighted by Crippen LogP contribution is -2.39. The lowest BCUT2D eigenvalue weighted by atomic mass is 10.2. The second kappa shape index (κ2) is 6.39. The number of anilines is 1. The van der Waals surface area contributed by atoms with Crippen LogP contribution in [0.15, 0.2) is 22.7 Å². The summed E-state index contributed by atoms with van der Waals surface area (Å²) in [7, 11) is 0. The first-order valence-electron chi connectivity index (χ1n) is 5.48. The molecule has 1 unspecified atom stereocenters. The van der Waals surface area contributed by atoms with E-state index >= 15 is 0 Å². The van der Waals surface area contributed by atoms with Crippen LogP contribution in [0.5, 0.6) is 0 Å². The van der Waals surface area contributed by atoms with E-state index in [1.54, 1.807) is 26.0 Å². The highest BCUT2D eigenvalue weighted by Gasteiger charge is 2.17. The molecule has 0 spiro atoms. The highest BCUT2D eigenvalue weighted by atomic mass is 79.9. The minimum Gasteiger partial charge on any atom is -0.464 e. The van der Waals surface area contributed by atoms with Crippen molar-refractivity contribution >= 4 is 33.5 Å². The van der Waals surface area contributed by atoms with E-state index in [9.17, 15) is 9.59 Å². The molecule has 1 rings (SSSR count). The van der Waals surface area contributed by atoms with E-state index in [2.05, 4.69) is 21.2 Å². The highest BCUT2D eigenvalue weighted by Crippen LogP contribution is 2.20. The maximum atomic E-state index is 11.8. The van der Waals surface area contributed by atoms with Crippen molar-refractivity contribution in [3.8, 4) is 0 Å². The fraction of sp³-hybridized carbons (Fsp3) is 0.333. The molecule has 98 valence electrons. The minimum atomic E-state index is -0.692. The Morgan fingerprint density at radius 3 is 2.72 bits per heavy atom. The van der Waals surface area contributed by atoms with Crippen LogP contribution in [0, 0.1) is 0 Å². The van der Waals surface area contributed by atoms with Crippen LogP contribution in [0.4, 0.5) is 5.69 Å². The van der Waals surface area contributed by atoms with Gasteiger partial charge in [-0.2, -0.15) is 0 Å². The number of esters is 1. The van der Waals surface area contributed by atoms with E-state index in [0.29, 0.717) is 11.3 Å². The van der Waals surface area contributed by atoms with Crippen LogP contribution in [-0.4, -0.2) is 24.5 Å². The summed E-state index contributed by atoms with van der Waals surface area (Å²) in [4.78, 5) is 23.2. The van der Waals surface area contributed by atoms with Gasteiger partial charge in [0.2, 0.25) is 0 Å². The maximum Gasteiger partial charge on any atom is 0.328 e. The van der Waals surface area contributed by atoms with Crippen LogP contribution in [-0.2, 0) is 9.53 Å². The highest BCUT2D eigenvalue weighted by molar-refractivity contribution is 9.10.